The summed E-state index contributed by atoms with van der Waals surface area (Å²) >= 11 is 0. The van der Waals surface area contributed by atoms with Crippen LogP contribution < -0.4 is 10.1 Å². The number of benzene rings is 2. The van der Waals surface area contributed by atoms with Crippen molar-refractivity contribution in [3.63, 3.8) is 0 Å². The maximum Gasteiger partial charge on any atom is 0.573 e. The van der Waals surface area contributed by atoms with Gasteiger partial charge in [0.15, 0.2) is 0 Å². The summed E-state index contributed by atoms with van der Waals surface area (Å²) in [6.07, 6.45) is -0.160. The number of ether oxygens (including phenoxy) is 1. The fourth-order valence-corrected chi connectivity index (χ4v) is 3.55. The maximum absolute atomic E-state index is 13.1. The highest BCUT2D eigenvalue weighted by molar-refractivity contribution is 5.99. The molecular weight excluding hydrogens is 343 g/mol. The van der Waals surface area contributed by atoms with Crippen LogP contribution in [0.1, 0.15) is 37.7 Å². The number of anilines is 1. The molecule has 0 saturated heterocycles. The van der Waals surface area contributed by atoms with Gasteiger partial charge in [0.05, 0.1) is 5.41 Å². The Morgan fingerprint density at radius 3 is 2.12 bits per heavy atom. The summed E-state index contributed by atoms with van der Waals surface area (Å²) in [5.74, 6) is -0.432. The van der Waals surface area contributed by atoms with E-state index in [2.05, 4.69) is 10.1 Å². The molecule has 26 heavy (non-hydrogen) atoms. The summed E-state index contributed by atoms with van der Waals surface area (Å²) in [4.78, 5) is 13.1. The zero-order valence-corrected chi connectivity index (χ0v) is 14.2. The van der Waals surface area contributed by atoms with Crippen LogP contribution in [0.3, 0.4) is 0 Å². The van der Waals surface area contributed by atoms with Crippen molar-refractivity contribution >= 4 is 11.6 Å². The van der Waals surface area contributed by atoms with E-state index in [4.69, 9.17) is 0 Å². The van der Waals surface area contributed by atoms with Crippen LogP contribution in [0.15, 0.2) is 54.6 Å². The van der Waals surface area contributed by atoms with E-state index in [9.17, 15) is 18.0 Å². The maximum atomic E-state index is 13.1. The predicted molar refractivity (Wildman–Crippen MR) is 93.0 cm³/mol. The summed E-state index contributed by atoms with van der Waals surface area (Å²) in [6, 6.07) is 14.9. The fraction of sp³-hybridized carbons (Fsp3) is 0.350. The van der Waals surface area contributed by atoms with Gasteiger partial charge >= 0.3 is 6.36 Å². The molecule has 0 aromatic heterocycles. The van der Waals surface area contributed by atoms with E-state index in [0.717, 1.165) is 37.7 Å². The predicted octanol–water partition coefficient (Wildman–Crippen LogP) is 5.43. The van der Waals surface area contributed by atoms with Crippen LogP contribution in [0, 0.1) is 0 Å². The minimum atomic E-state index is -4.73. The molecule has 0 radical (unpaired) electrons. The number of hydrogen-bond donors (Lipinski definition) is 1. The molecule has 2 aromatic rings. The number of carbonyl (C=O) groups excluding carboxylic acids is 1. The molecule has 0 aliphatic heterocycles. The van der Waals surface area contributed by atoms with Gasteiger partial charge < -0.3 is 10.1 Å². The van der Waals surface area contributed by atoms with Crippen molar-refractivity contribution < 1.29 is 22.7 Å². The van der Waals surface area contributed by atoms with Gasteiger partial charge in [-0.1, -0.05) is 49.6 Å². The molecule has 0 heterocycles. The fourth-order valence-electron chi connectivity index (χ4n) is 3.55. The van der Waals surface area contributed by atoms with Crippen LogP contribution in [0.5, 0.6) is 5.75 Å². The van der Waals surface area contributed by atoms with Crippen molar-refractivity contribution in [1.29, 1.82) is 0 Å². The van der Waals surface area contributed by atoms with Crippen molar-refractivity contribution in [1.82, 2.24) is 0 Å². The van der Waals surface area contributed by atoms with Crippen LogP contribution >= 0.6 is 0 Å². The van der Waals surface area contributed by atoms with Gasteiger partial charge in [-0.2, -0.15) is 0 Å². The van der Waals surface area contributed by atoms with E-state index in [-0.39, 0.29) is 11.7 Å². The molecule has 1 aliphatic carbocycles. The number of halogens is 3. The van der Waals surface area contributed by atoms with Gasteiger partial charge in [-0.15, -0.1) is 13.2 Å². The summed E-state index contributed by atoms with van der Waals surface area (Å²) in [7, 11) is 0. The molecule has 0 unspecified atom stereocenters. The number of nitrogens with one attached hydrogen (secondary N) is 1. The number of amides is 1. The molecule has 0 bridgehead atoms. The average Bonchev–Trinajstić information content (AvgIpc) is 2.63. The van der Waals surface area contributed by atoms with Crippen LogP contribution in [-0.2, 0) is 10.2 Å². The largest absolute Gasteiger partial charge is 0.573 e. The number of carbonyl (C=O) groups is 1. The molecule has 1 aliphatic rings. The zero-order valence-electron chi connectivity index (χ0n) is 14.2. The lowest BCUT2D eigenvalue weighted by Crippen LogP contribution is -2.42. The quantitative estimate of drug-likeness (QED) is 0.787. The first kappa shape index (κ1) is 18.3. The summed E-state index contributed by atoms with van der Waals surface area (Å²) in [5, 5.41) is 2.87. The minimum Gasteiger partial charge on any atom is -0.406 e. The van der Waals surface area contributed by atoms with Crippen LogP contribution in [-0.4, -0.2) is 12.3 Å². The highest BCUT2D eigenvalue weighted by Gasteiger charge is 2.41. The molecule has 1 fully saturated rings. The lowest BCUT2D eigenvalue weighted by molar-refractivity contribution is -0.274. The van der Waals surface area contributed by atoms with Gasteiger partial charge in [0, 0.05) is 5.69 Å². The van der Waals surface area contributed by atoms with E-state index in [1.807, 2.05) is 30.3 Å². The van der Waals surface area contributed by atoms with E-state index in [1.165, 1.54) is 24.3 Å². The second kappa shape index (κ2) is 7.40. The monoisotopic (exact) mass is 363 g/mol. The van der Waals surface area contributed by atoms with Crippen molar-refractivity contribution in [3.05, 3.63) is 60.2 Å². The van der Waals surface area contributed by atoms with Crippen molar-refractivity contribution in [3.8, 4) is 5.75 Å². The molecule has 1 N–H and O–H groups in total. The summed E-state index contributed by atoms with van der Waals surface area (Å²) < 4.78 is 40.6. The average molecular weight is 363 g/mol. The second-order valence-electron chi connectivity index (χ2n) is 6.54. The zero-order chi connectivity index (χ0) is 18.6. The Morgan fingerprint density at radius 1 is 0.923 bits per heavy atom. The number of hydrogen-bond acceptors (Lipinski definition) is 2. The number of rotatable bonds is 4. The molecule has 2 aromatic carbocycles. The van der Waals surface area contributed by atoms with E-state index in [1.54, 1.807) is 0 Å². The molecule has 0 spiro atoms. The Kier molecular flexibility index (Phi) is 5.20. The molecule has 6 heteroatoms. The van der Waals surface area contributed by atoms with Gasteiger partial charge in [0.1, 0.15) is 5.75 Å². The third-order valence-corrected chi connectivity index (χ3v) is 4.81. The molecular formula is C20H20F3NO2. The molecule has 0 atom stereocenters. The summed E-state index contributed by atoms with van der Waals surface area (Å²) in [6.45, 7) is 0. The van der Waals surface area contributed by atoms with Crippen molar-refractivity contribution in [2.24, 2.45) is 0 Å². The van der Waals surface area contributed by atoms with Gasteiger partial charge in [-0.25, -0.2) is 0 Å². The Bertz CT molecular complexity index is 736. The lowest BCUT2D eigenvalue weighted by atomic mass is 9.68. The van der Waals surface area contributed by atoms with E-state index < -0.39 is 11.8 Å². The lowest BCUT2D eigenvalue weighted by Gasteiger charge is -2.36. The Hall–Kier alpha value is -2.50. The van der Waals surface area contributed by atoms with Crippen LogP contribution in [0.2, 0.25) is 0 Å². The van der Waals surface area contributed by atoms with Crippen LogP contribution in [0.25, 0.3) is 0 Å². The molecule has 3 rings (SSSR count). The molecule has 1 saturated carbocycles. The normalized spacial score (nSPS) is 16.7. The first-order valence-electron chi connectivity index (χ1n) is 8.62. The standard InChI is InChI=1S/C20H20F3NO2/c21-20(22,23)26-17-11-9-16(10-12-17)24-18(25)19(13-5-2-6-14-19)15-7-3-1-4-8-15/h1,3-4,7-12H,2,5-6,13-14H2,(H,24,25). The third-order valence-electron chi connectivity index (χ3n) is 4.81. The van der Waals surface area contributed by atoms with E-state index >= 15 is 0 Å². The molecule has 138 valence electrons. The molecule has 3 nitrogen and oxygen atoms in total. The van der Waals surface area contributed by atoms with Crippen molar-refractivity contribution in [2.45, 2.75) is 43.9 Å². The SMILES string of the molecule is O=C(Nc1ccc(OC(F)(F)F)cc1)C1(c2ccccc2)CCCCC1. The van der Waals surface area contributed by atoms with Gasteiger partial charge in [-0.05, 0) is 42.7 Å². The van der Waals surface area contributed by atoms with Gasteiger partial charge in [0.2, 0.25) is 5.91 Å². The topological polar surface area (TPSA) is 38.3 Å². The Morgan fingerprint density at radius 2 is 1.54 bits per heavy atom. The van der Waals surface area contributed by atoms with Crippen LogP contribution in [0.4, 0.5) is 18.9 Å². The first-order valence-corrected chi connectivity index (χ1v) is 8.62. The van der Waals surface area contributed by atoms with E-state index in [0.29, 0.717) is 5.69 Å². The minimum absolute atomic E-state index is 0.118. The highest BCUT2D eigenvalue weighted by atomic mass is 19.4. The summed E-state index contributed by atoms with van der Waals surface area (Å²) in [5.41, 5.74) is 0.834. The number of alkyl halides is 3. The Labute approximate surface area is 150 Å². The van der Waals surface area contributed by atoms with Gasteiger partial charge in [0.25, 0.3) is 0 Å². The Balaban J connectivity index is 1.78. The first-order chi connectivity index (χ1) is 12.4. The van der Waals surface area contributed by atoms with Gasteiger partial charge in [-0.3, -0.25) is 4.79 Å². The van der Waals surface area contributed by atoms with Crippen molar-refractivity contribution in [2.75, 3.05) is 5.32 Å². The molecule has 1 amide bonds. The smallest absolute Gasteiger partial charge is 0.406 e. The third kappa shape index (κ3) is 4.18. The highest BCUT2D eigenvalue weighted by Crippen LogP contribution is 2.40. The second-order valence-corrected chi connectivity index (χ2v) is 6.54.